The van der Waals surface area contributed by atoms with Crippen LogP contribution in [0.4, 0.5) is 8.78 Å². The minimum atomic E-state index is -3.58. The Morgan fingerprint density at radius 1 is 1.39 bits per heavy atom. The minimum Gasteiger partial charge on any atom is -0.465 e. The second-order valence-corrected chi connectivity index (χ2v) is 3.23. The smallest absolute Gasteiger partial charge is 0.332 e. The molecule has 0 aromatic heterocycles. The third-order valence-corrected chi connectivity index (χ3v) is 1.92. The van der Waals surface area contributed by atoms with Crippen LogP contribution in [0.3, 0.4) is 0 Å². The summed E-state index contributed by atoms with van der Waals surface area (Å²) < 4.78 is 41.6. The van der Waals surface area contributed by atoms with E-state index in [4.69, 9.17) is 19.3 Å². The second-order valence-electron chi connectivity index (χ2n) is 3.23. The highest BCUT2D eigenvalue weighted by molar-refractivity contribution is 5.16. The van der Waals surface area contributed by atoms with Crippen LogP contribution < -0.4 is 0 Å². The van der Waals surface area contributed by atoms with Crippen molar-refractivity contribution in [2.45, 2.75) is 12.0 Å². The van der Waals surface area contributed by atoms with Gasteiger partial charge in [0.25, 0.3) is 0 Å². The normalized spacial score (nSPS) is 14.1. The molecular weight excluding hydrogens is 246 g/mol. The van der Waals surface area contributed by atoms with Gasteiger partial charge in [0.2, 0.25) is 0 Å². The molecule has 0 fully saturated rings. The fourth-order valence-corrected chi connectivity index (χ4v) is 0.963. The molecule has 1 unspecified atom stereocenters. The Hall–Kier alpha value is -1.24. The third-order valence-electron chi connectivity index (χ3n) is 1.92. The highest BCUT2D eigenvalue weighted by Gasteiger charge is 2.42. The van der Waals surface area contributed by atoms with Gasteiger partial charge in [0.15, 0.2) is 12.6 Å². The highest BCUT2D eigenvalue weighted by Crippen LogP contribution is 2.29. The van der Waals surface area contributed by atoms with E-state index in [2.05, 4.69) is 13.2 Å². The lowest BCUT2D eigenvalue weighted by molar-refractivity contribution is -0.123. The van der Waals surface area contributed by atoms with Crippen LogP contribution in [-0.4, -0.2) is 44.2 Å². The van der Waals surface area contributed by atoms with Gasteiger partial charge >= 0.3 is 5.92 Å². The zero-order chi connectivity index (χ0) is 14.0. The molecule has 0 heterocycles. The summed E-state index contributed by atoms with van der Waals surface area (Å²) in [5.41, 5.74) is 0. The number of alkyl halides is 2. The van der Waals surface area contributed by atoms with Gasteiger partial charge in [0, 0.05) is 7.11 Å². The van der Waals surface area contributed by atoms with Crippen LogP contribution in [0.1, 0.15) is 0 Å². The van der Waals surface area contributed by atoms with Crippen molar-refractivity contribution in [3.05, 3.63) is 37.1 Å². The number of aliphatic hydroxyl groups excluding tert-OH is 1. The number of rotatable bonds is 10. The third kappa shape index (κ3) is 5.39. The van der Waals surface area contributed by atoms with Crippen molar-refractivity contribution in [1.29, 1.82) is 0 Å². The Labute approximate surface area is 105 Å². The average Bonchev–Trinajstić information content (AvgIpc) is 2.36. The van der Waals surface area contributed by atoms with Gasteiger partial charge in [-0.15, -0.1) is 6.58 Å². The summed E-state index contributed by atoms with van der Waals surface area (Å²) in [6, 6.07) is 0. The molecule has 0 saturated carbocycles. The summed E-state index contributed by atoms with van der Waals surface area (Å²) >= 11 is 0. The van der Waals surface area contributed by atoms with Gasteiger partial charge in [-0.25, -0.2) is 0 Å². The van der Waals surface area contributed by atoms with Crippen molar-refractivity contribution < 1.29 is 28.1 Å². The van der Waals surface area contributed by atoms with E-state index in [1.807, 2.05) is 0 Å². The molecule has 0 saturated heterocycles. The summed E-state index contributed by atoms with van der Waals surface area (Å²) in [6.45, 7) is 6.57. The van der Waals surface area contributed by atoms with Gasteiger partial charge in [-0.3, -0.25) is 0 Å². The van der Waals surface area contributed by atoms with Crippen molar-refractivity contribution in [2.24, 2.45) is 0 Å². The minimum absolute atomic E-state index is 0.216. The van der Waals surface area contributed by atoms with E-state index in [-0.39, 0.29) is 13.4 Å². The Balaban J connectivity index is 4.44. The monoisotopic (exact) mass is 264 g/mol. The summed E-state index contributed by atoms with van der Waals surface area (Å²) in [5, 5.41) is 9.14. The lowest BCUT2D eigenvalue weighted by atomic mass is 10.1. The van der Waals surface area contributed by atoms with Gasteiger partial charge in [0.1, 0.15) is 6.10 Å². The molecule has 6 heteroatoms. The Morgan fingerprint density at radius 2 is 2.06 bits per heavy atom. The van der Waals surface area contributed by atoms with Crippen molar-refractivity contribution in [3.63, 3.8) is 0 Å². The van der Waals surface area contributed by atoms with Gasteiger partial charge in [-0.2, -0.15) is 8.78 Å². The molecule has 0 aromatic carbocycles. The van der Waals surface area contributed by atoms with Crippen LogP contribution in [0.15, 0.2) is 37.1 Å². The van der Waals surface area contributed by atoms with Crippen LogP contribution >= 0.6 is 0 Å². The Kier molecular flexibility index (Phi) is 8.19. The molecule has 0 aliphatic heterocycles. The summed E-state index contributed by atoms with van der Waals surface area (Å²) in [4.78, 5) is 0. The Bertz CT molecular complexity index is 290. The van der Waals surface area contributed by atoms with E-state index < -0.39 is 17.8 Å². The van der Waals surface area contributed by atoms with Crippen LogP contribution in [0.25, 0.3) is 0 Å². The molecule has 0 radical (unpaired) electrons. The SMILES string of the molecule is C=C/C=C(\OCOCCOC)C(F)(F)C(O)C=C. The van der Waals surface area contributed by atoms with Crippen molar-refractivity contribution in [3.8, 4) is 0 Å². The molecule has 18 heavy (non-hydrogen) atoms. The standard InChI is InChI=1S/C12H18F2O4/c1-4-6-11(12(13,14)10(15)5-2)18-9-17-8-7-16-3/h4-6,10,15H,1-2,7-9H2,3H3/b11-6-. The van der Waals surface area contributed by atoms with Gasteiger partial charge in [-0.1, -0.05) is 18.7 Å². The number of methoxy groups -OCH3 is 1. The van der Waals surface area contributed by atoms with E-state index in [1.165, 1.54) is 7.11 Å². The molecule has 0 aromatic rings. The average molecular weight is 264 g/mol. The van der Waals surface area contributed by atoms with Gasteiger partial charge in [-0.05, 0) is 6.08 Å². The quantitative estimate of drug-likeness (QED) is 0.215. The first kappa shape index (κ1) is 16.8. The summed E-state index contributed by atoms with van der Waals surface area (Å²) in [5.74, 6) is -4.32. The summed E-state index contributed by atoms with van der Waals surface area (Å²) in [6.07, 6.45) is 0.787. The fraction of sp³-hybridized carbons (Fsp3) is 0.500. The maximum Gasteiger partial charge on any atom is 0.332 e. The molecule has 0 aliphatic carbocycles. The molecular formula is C12H18F2O4. The first-order chi connectivity index (χ1) is 8.50. The highest BCUT2D eigenvalue weighted by atomic mass is 19.3. The van der Waals surface area contributed by atoms with E-state index in [1.54, 1.807) is 0 Å². The van der Waals surface area contributed by atoms with Crippen molar-refractivity contribution in [1.82, 2.24) is 0 Å². The lowest BCUT2D eigenvalue weighted by Gasteiger charge is -2.23. The van der Waals surface area contributed by atoms with E-state index in [9.17, 15) is 8.78 Å². The fourth-order valence-electron chi connectivity index (χ4n) is 0.963. The second kappa shape index (κ2) is 8.79. The number of aliphatic hydroxyl groups is 1. The zero-order valence-electron chi connectivity index (χ0n) is 10.3. The van der Waals surface area contributed by atoms with Crippen LogP contribution in [0, 0.1) is 0 Å². The maximum atomic E-state index is 13.6. The van der Waals surface area contributed by atoms with E-state index >= 15 is 0 Å². The largest absolute Gasteiger partial charge is 0.465 e. The molecule has 104 valence electrons. The Morgan fingerprint density at radius 3 is 2.56 bits per heavy atom. The molecule has 0 bridgehead atoms. The van der Waals surface area contributed by atoms with Crippen molar-refractivity contribution >= 4 is 0 Å². The molecule has 0 aliphatic rings. The van der Waals surface area contributed by atoms with Crippen LogP contribution in [0.2, 0.25) is 0 Å². The topological polar surface area (TPSA) is 47.9 Å². The molecule has 0 amide bonds. The molecule has 0 spiro atoms. The lowest BCUT2D eigenvalue weighted by Crippen LogP contribution is -2.35. The van der Waals surface area contributed by atoms with E-state index in [0.717, 1.165) is 18.2 Å². The number of hydrogen-bond acceptors (Lipinski definition) is 4. The predicted molar refractivity (Wildman–Crippen MR) is 63.2 cm³/mol. The maximum absolute atomic E-state index is 13.6. The number of allylic oxidation sites excluding steroid dienone is 2. The number of ether oxygens (including phenoxy) is 3. The molecule has 4 nitrogen and oxygen atoms in total. The summed E-state index contributed by atoms with van der Waals surface area (Å²) in [7, 11) is 1.49. The number of hydrogen-bond donors (Lipinski definition) is 1. The van der Waals surface area contributed by atoms with Crippen LogP contribution in [0.5, 0.6) is 0 Å². The zero-order valence-corrected chi connectivity index (χ0v) is 10.3. The van der Waals surface area contributed by atoms with Gasteiger partial charge in [0.05, 0.1) is 13.2 Å². The van der Waals surface area contributed by atoms with Crippen LogP contribution in [-0.2, 0) is 14.2 Å². The van der Waals surface area contributed by atoms with E-state index in [0.29, 0.717) is 6.61 Å². The van der Waals surface area contributed by atoms with Gasteiger partial charge < -0.3 is 19.3 Å². The first-order valence-corrected chi connectivity index (χ1v) is 5.21. The molecule has 1 atom stereocenters. The molecule has 0 rings (SSSR count). The number of halogens is 2. The first-order valence-electron chi connectivity index (χ1n) is 5.21. The molecule has 1 N–H and O–H groups in total. The predicted octanol–water partition coefficient (Wildman–Crippen LogP) is 1.88. The van der Waals surface area contributed by atoms with Crippen molar-refractivity contribution in [2.75, 3.05) is 27.1 Å².